The molecule has 3 rings (SSSR count). The number of rotatable bonds is 5. The van der Waals surface area contributed by atoms with Gasteiger partial charge in [0.1, 0.15) is 0 Å². The van der Waals surface area contributed by atoms with Crippen molar-refractivity contribution in [3.8, 4) is 0 Å². The van der Waals surface area contributed by atoms with Gasteiger partial charge in [-0.2, -0.15) is 0 Å². The average molecular weight is 448 g/mol. The summed E-state index contributed by atoms with van der Waals surface area (Å²) in [5.74, 6) is -0.461. The highest BCUT2D eigenvalue weighted by Gasteiger charge is 2.25. The molecule has 1 saturated heterocycles. The second-order valence-corrected chi connectivity index (χ2v) is 9.45. The van der Waals surface area contributed by atoms with Crippen molar-refractivity contribution in [1.29, 1.82) is 0 Å². The van der Waals surface area contributed by atoms with Crippen LogP contribution >= 0.6 is 34.8 Å². The van der Waals surface area contributed by atoms with Gasteiger partial charge in [-0.3, -0.25) is 4.79 Å². The maximum atomic E-state index is 12.4. The Morgan fingerprint density at radius 1 is 0.963 bits per heavy atom. The van der Waals surface area contributed by atoms with Gasteiger partial charge in [0.05, 0.1) is 26.5 Å². The van der Waals surface area contributed by atoms with Gasteiger partial charge >= 0.3 is 0 Å². The Kier molecular flexibility index (Phi) is 6.33. The highest BCUT2D eigenvalue weighted by atomic mass is 35.5. The maximum Gasteiger partial charge on any atom is 0.255 e. The van der Waals surface area contributed by atoms with E-state index in [1.807, 2.05) is 0 Å². The number of amides is 1. The number of benzene rings is 2. The summed E-state index contributed by atoms with van der Waals surface area (Å²) >= 11 is 17.9. The number of sulfonamides is 1. The highest BCUT2D eigenvalue weighted by molar-refractivity contribution is 7.88. The van der Waals surface area contributed by atoms with Crippen molar-refractivity contribution in [2.45, 2.75) is 18.6 Å². The van der Waals surface area contributed by atoms with E-state index in [1.165, 1.54) is 16.4 Å². The van der Waals surface area contributed by atoms with Crippen molar-refractivity contribution >= 4 is 56.4 Å². The third kappa shape index (κ3) is 4.95. The maximum absolute atomic E-state index is 12.4. The van der Waals surface area contributed by atoms with E-state index in [4.69, 9.17) is 34.8 Å². The normalized spacial score (nSPS) is 15.1. The monoisotopic (exact) mass is 446 g/mol. The summed E-state index contributed by atoms with van der Waals surface area (Å²) in [6, 6.07) is 9.36. The molecule has 1 heterocycles. The van der Waals surface area contributed by atoms with Crippen LogP contribution in [0.25, 0.3) is 0 Å². The first-order valence-corrected chi connectivity index (χ1v) is 11.0. The van der Waals surface area contributed by atoms with Gasteiger partial charge in [-0.15, -0.1) is 0 Å². The Balaban J connectivity index is 1.70. The number of anilines is 1. The number of carbonyl (C=O) groups is 1. The van der Waals surface area contributed by atoms with E-state index in [2.05, 4.69) is 5.32 Å². The second kappa shape index (κ2) is 8.37. The lowest BCUT2D eigenvalue weighted by atomic mass is 10.1. The van der Waals surface area contributed by atoms with E-state index in [0.29, 0.717) is 34.9 Å². The molecule has 144 valence electrons. The summed E-state index contributed by atoms with van der Waals surface area (Å²) < 4.78 is 26.2. The summed E-state index contributed by atoms with van der Waals surface area (Å²) in [6.45, 7) is 1.15. The van der Waals surface area contributed by atoms with E-state index < -0.39 is 10.0 Å². The quantitative estimate of drug-likeness (QED) is 0.668. The van der Waals surface area contributed by atoms with Crippen molar-refractivity contribution in [1.82, 2.24) is 4.31 Å². The molecule has 0 aliphatic carbocycles. The van der Waals surface area contributed by atoms with E-state index in [9.17, 15) is 13.2 Å². The van der Waals surface area contributed by atoms with Crippen LogP contribution < -0.4 is 5.32 Å². The van der Waals surface area contributed by atoms with Gasteiger partial charge in [-0.25, -0.2) is 12.7 Å². The molecule has 0 radical (unpaired) electrons. The zero-order valence-electron chi connectivity index (χ0n) is 14.2. The molecule has 9 heteroatoms. The summed E-state index contributed by atoms with van der Waals surface area (Å²) in [7, 11) is -3.32. The van der Waals surface area contributed by atoms with Crippen molar-refractivity contribution in [2.24, 2.45) is 0 Å². The van der Waals surface area contributed by atoms with Crippen molar-refractivity contribution in [3.05, 3.63) is 62.6 Å². The SMILES string of the molecule is O=C(Nc1cc(Cl)c(Cl)cc1Cl)c1ccc(CS(=O)(=O)N2CCCC2)cc1. The minimum Gasteiger partial charge on any atom is -0.321 e. The van der Waals surface area contributed by atoms with E-state index in [-0.39, 0.29) is 21.7 Å². The first-order chi connectivity index (χ1) is 12.8. The van der Waals surface area contributed by atoms with Crippen LogP contribution in [-0.2, 0) is 15.8 Å². The molecule has 1 fully saturated rings. The lowest BCUT2D eigenvalue weighted by molar-refractivity contribution is 0.102. The molecule has 1 amide bonds. The Morgan fingerprint density at radius 3 is 2.19 bits per heavy atom. The Bertz CT molecular complexity index is 957. The van der Waals surface area contributed by atoms with Crippen LogP contribution in [0.4, 0.5) is 5.69 Å². The van der Waals surface area contributed by atoms with Gasteiger partial charge in [-0.1, -0.05) is 46.9 Å². The number of nitrogens with zero attached hydrogens (tertiary/aromatic N) is 1. The fourth-order valence-electron chi connectivity index (χ4n) is 2.83. The smallest absolute Gasteiger partial charge is 0.255 e. The summed E-state index contributed by atoms with van der Waals surface area (Å²) in [5, 5.41) is 3.51. The second-order valence-electron chi connectivity index (χ2n) is 6.26. The fourth-order valence-corrected chi connectivity index (χ4v) is 5.04. The molecule has 2 aromatic carbocycles. The lowest BCUT2D eigenvalue weighted by Gasteiger charge is -2.15. The zero-order valence-corrected chi connectivity index (χ0v) is 17.3. The third-order valence-electron chi connectivity index (χ3n) is 4.28. The number of halogens is 3. The topological polar surface area (TPSA) is 66.5 Å². The van der Waals surface area contributed by atoms with E-state index >= 15 is 0 Å². The predicted molar refractivity (Wildman–Crippen MR) is 109 cm³/mol. The van der Waals surface area contributed by atoms with Crippen LogP contribution in [0.2, 0.25) is 15.1 Å². The third-order valence-corrected chi connectivity index (χ3v) is 7.17. The zero-order chi connectivity index (χ0) is 19.6. The van der Waals surface area contributed by atoms with E-state index in [0.717, 1.165) is 12.8 Å². The van der Waals surface area contributed by atoms with Crippen LogP contribution in [0.5, 0.6) is 0 Å². The molecule has 5 nitrogen and oxygen atoms in total. The Morgan fingerprint density at radius 2 is 1.56 bits per heavy atom. The summed E-state index contributed by atoms with van der Waals surface area (Å²) in [4.78, 5) is 12.4. The molecule has 0 bridgehead atoms. The predicted octanol–water partition coefficient (Wildman–Crippen LogP) is 4.82. The molecule has 0 spiro atoms. The van der Waals surface area contributed by atoms with Gasteiger partial charge in [-0.05, 0) is 42.7 Å². The molecule has 1 aliphatic rings. The highest BCUT2D eigenvalue weighted by Crippen LogP contribution is 2.32. The first kappa shape index (κ1) is 20.4. The molecule has 0 unspecified atom stereocenters. The molecule has 1 aliphatic heterocycles. The molecular formula is C18H17Cl3N2O3S. The standard InChI is InChI=1S/C18H17Cl3N2O3S/c19-14-9-16(21)17(10-15(14)20)22-18(24)13-5-3-12(4-6-13)11-27(25,26)23-7-1-2-8-23/h3-6,9-10H,1-2,7-8,11H2,(H,22,24). The number of nitrogens with one attached hydrogen (secondary N) is 1. The molecule has 0 atom stereocenters. The summed E-state index contributed by atoms with van der Waals surface area (Å²) in [5.41, 5.74) is 1.35. The summed E-state index contributed by atoms with van der Waals surface area (Å²) in [6.07, 6.45) is 1.80. The van der Waals surface area contributed by atoms with Gasteiger partial charge in [0, 0.05) is 18.7 Å². The molecular weight excluding hydrogens is 431 g/mol. The van der Waals surface area contributed by atoms with Crippen LogP contribution in [0, 0.1) is 0 Å². The lowest BCUT2D eigenvalue weighted by Crippen LogP contribution is -2.29. The van der Waals surface area contributed by atoms with Gasteiger partial charge in [0.2, 0.25) is 10.0 Å². The van der Waals surface area contributed by atoms with Crippen molar-refractivity contribution < 1.29 is 13.2 Å². The first-order valence-electron chi connectivity index (χ1n) is 8.29. The Labute approximate surface area is 173 Å². The number of carbonyl (C=O) groups excluding carboxylic acids is 1. The van der Waals surface area contributed by atoms with Crippen LogP contribution in [-0.4, -0.2) is 31.7 Å². The molecule has 2 aromatic rings. The molecule has 0 saturated carbocycles. The number of hydrogen-bond donors (Lipinski definition) is 1. The van der Waals surface area contributed by atoms with Crippen LogP contribution in [0.3, 0.4) is 0 Å². The van der Waals surface area contributed by atoms with Crippen LogP contribution in [0.15, 0.2) is 36.4 Å². The van der Waals surface area contributed by atoms with Crippen molar-refractivity contribution in [3.63, 3.8) is 0 Å². The Hall–Kier alpha value is -1.31. The minimum atomic E-state index is -3.32. The minimum absolute atomic E-state index is 0.0759. The molecule has 0 aromatic heterocycles. The molecule has 1 N–H and O–H groups in total. The fraction of sp³-hybridized carbons (Fsp3) is 0.278. The van der Waals surface area contributed by atoms with Gasteiger partial charge < -0.3 is 5.32 Å². The van der Waals surface area contributed by atoms with Crippen molar-refractivity contribution in [2.75, 3.05) is 18.4 Å². The van der Waals surface area contributed by atoms with Crippen LogP contribution in [0.1, 0.15) is 28.8 Å². The molecule has 27 heavy (non-hydrogen) atoms. The average Bonchev–Trinajstić information content (AvgIpc) is 3.15. The number of hydrogen-bond acceptors (Lipinski definition) is 3. The largest absolute Gasteiger partial charge is 0.321 e. The van der Waals surface area contributed by atoms with Gasteiger partial charge in [0.15, 0.2) is 0 Å². The van der Waals surface area contributed by atoms with E-state index in [1.54, 1.807) is 24.3 Å². The van der Waals surface area contributed by atoms with Gasteiger partial charge in [0.25, 0.3) is 5.91 Å².